The molecule has 2 aromatic heterocycles. The molecule has 2 heterocycles. The van der Waals surface area contributed by atoms with Gasteiger partial charge in [-0.05, 0) is 29.8 Å². The number of benzene rings is 3. The van der Waals surface area contributed by atoms with E-state index in [-0.39, 0.29) is 0 Å². The minimum Gasteiger partial charge on any atom is -0.323 e. The monoisotopic (exact) mass is 366 g/mol. The zero-order chi connectivity index (χ0) is 18.8. The number of H-pyrrole nitrogens is 1. The molecule has 0 saturated heterocycles. The predicted octanol–water partition coefficient (Wildman–Crippen LogP) is 4.41. The Labute approximate surface area is 161 Å². The maximum Gasteiger partial charge on any atom is 0.222 e. The van der Waals surface area contributed by atoms with Gasteiger partial charge in [-0.1, -0.05) is 54.6 Å². The van der Waals surface area contributed by atoms with E-state index < -0.39 is 0 Å². The minimum atomic E-state index is 0.600. The summed E-state index contributed by atoms with van der Waals surface area (Å²) in [5.74, 6) is 1.39. The third-order valence-electron chi connectivity index (χ3n) is 4.61. The number of hydrazone groups is 1. The number of anilines is 1. The van der Waals surface area contributed by atoms with Gasteiger partial charge >= 0.3 is 0 Å². The Balaban J connectivity index is 1.45. The molecule has 136 valence electrons. The summed E-state index contributed by atoms with van der Waals surface area (Å²) in [6.07, 6.45) is 1.73. The number of rotatable bonds is 5. The molecule has 0 amide bonds. The number of nitrogens with one attached hydrogen (secondary N) is 2. The van der Waals surface area contributed by atoms with Gasteiger partial charge in [-0.3, -0.25) is 0 Å². The summed E-state index contributed by atoms with van der Waals surface area (Å²) in [4.78, 5) is 12.4. The molecule has 0 saturated carbocycles. The second-order valence-electron chi connectivity index (χ2n) is 6.50. The van der Waals surface area contributed by atoms with Gasteiger partial charge in [0, 0.05) is 6.54 Å². The van der Waals surface area contributed by atoms with Crippen molar-refractivity contribution in [2.45, 2.75) is 6.54 Å². The predicted molar refractivity (Wildman–Crippen MR) is 113 cm³/mol. The van der Waals surface area contributed by atoms with Crippen molar-refractivity contribution >= 4 is 34.2 Å². The number of nitrogens with zero attached hydrogens (tertiary/aromatic N) is 4. The number of imidazole rings is 2. The Morgan fingerprint density at radius 1 is 0.857 bits per heavy atom. The standard InChI is InChI=1S/C22H18N6/c1-2-8-16(9-3-1)15-28-20-13-7-6-12-19(20)24-21(28)14-23-27-22-25-17-10-4-5-11-18(17)26-22/h1-14H,15H2,(H2,25,26,27)/b23-14-. The highest BCUT2D eigenvalue weighted by Gasteiger charge is 2.09. The lowest BCUT2D eigenvalue weighted by Crippen LogP contribution is -2.05. The molecule has 5 aromatic rings. The molecule has 0 spiro atoms. The number of fused-ring (bicyclic) bond motifs is 2. The summed E-state index contributed by atoms with van der Waals surface area (Å²) in [5, 5.41) is 4.35. The highest BCUT2D eigenvalue weighted by molar-refractivity contribution is 5.85. The van der Waals surface area contributed by atoms with E-state index in [1.165, 1.54) is 5.56 Å². The summed E-state index contributed by atoms with van der Waals surface area (Å²) in [7, 11) is 0. The number of aromatic nitrogens is 4. The molecule has 0 aliphatic rings. The van der Waals surface area contributed by atoms with E-state index in [0.717, 1.165) is 34.4 Å². The van der Waals surface area contributed by atoms with E-state index in [0.29, 0.717) is 5.95 Å². The Bertz CT molecular complexity index is 1230. The first-order valence-corrected chi connectivity index (χ1v) is 9.10. The molecular weight excluding hydrogens is 348 g/mol. The van der Waals surface area contributed by atoms with Gasteiger partial charge in [0.1, 0.15) is 0 Å². The minimum absolute atomic E-state index is 0.600. The van der Waals surface area contributed by atoms with E-state index >= 15 is 0 Å². The van der Waals surface area contributed by atoms with E-state index in [1.807, 2.05) is 60.7 Å². The van der Waals surface area contributed by atoms with Crippen LogP contribution in [0.15, 0.2) is 84.0 Å². The van der Waals surface area contributed by atoms with Crippen molar-refractivity contribution in [1.82, 2.24) is 19.5 Å². The molecular formula is C22H18N6. The first kappa shape index (κ1) is 16.3. The smallest absolute Gasteiger partial charge is 0.222 e. The first-order chi connectivity index (χ1) is 13.9. The molecule has 0 aliphatic carbocycles. The molecule has 0 unspecified atom stereocenters. The van der Waals surface area contributed by atoms with Crippen molar-refractivity contribution in [3.8, 4) is 0 Å². The molecule has 0 fully saturated rings. The Kier molecular flexibility index (Phi) is 4.06. The van der Waals surface area contributed by atoms with Crippen LogP contribution in [0.25, 0.3) is 22.1 Å². The van der Waals surface area contributed by atoms with Crippen LogP contribution in [0.1, 0.15) is 11.4 Å². The Morgan fingerprint density at radius 3 is 2.46 bits per heavy atom. The maximum atomic E-state index is 4.73. The molecule has 5 rings (SSSR count). The molecule has 3 aromatic carbocycles. The van der Waals surface area contributed by atoms with Crippen LogP contribution >= 0.6 is 0 Å². The largest absolute Gasteiger partial charge is 0.323 e. The van der Waals surface area contributed by atoms with Gasteiger partial charge in [0.25, 0.3) is 0 Å². The number of hydrogen-bond acceptors (Lipinski definition) is 4. The molecule has 6 heteroatoms. The highest BCUT2D eigenvalue weighted by Crippen LogP contribution is 2.17. The van der Waals surface area contributed by atoms with Crippen LogP contribution in [-0.2, 0) is 6.54 Å². The first-order valence-electron chi connectivity index (χ1n) is 9.10. The second-order valence-corrected chi connectivity index (χ2v) is 6.50. The number of aromatic amines is 1. The van der Waals surface area contributed by atoms with E-state index in [4.69, 9.17) is 4.98 Å². The van der Waals surface area contributed by atoms with Crippen molar-refractivity contribution < 1.29 is 0 Å². The molecule has 6 nitrogen and oxygen atoms in total. The van der Waals surface area contributed by atoms with Gasteiger partial charge in [-0.15, -0.1) is 0 Å². The van der Waals surface area contributed by atoms with Crippen molar-refractivity contribution in [2.24, 2.45) is 5.10 Å². The van der Waals surface area contributed by atoms with Gasteiger partial charge in [0.05, 0.1) is 28.3 Å². The molecule has 0 bridgehead atoms. The van der Waals surface area contributed by atoms with Gasteiger partial charge in [-0.2, -0.15) is 5.10 Å². The summed E-state index contributed by atoms with van der Waals surface area (Å²) >= 11 is 0. The lowest BCUT2D eigenvalue weighted by molar-refractivity contribution is 0.816. The fourth-order valence-corrected chi connectivity index (χ4v) is 3.28. The summed E-state index contributed by atoms with van der Waals surface area (Å²) in [6, 6.07) is 26.3. The van der Waals surface area contributed by atoms with Crippen molar-refractivity contribution in [3.05, 3.63) is 90.3 Å². The summed E-state index contributed by atoms with van der Waals surface area (Å²) < 4.78 is 2.16. The lowest BCUT2D eigenvalue weighted by atomic mass is 10.2. The molecule has 0 atom stereocenters. The van der Waals surface area contributed by atoms with Gasteiger partial charge in [-0.25, -0.2) is 15.4 Å². The average molecular weight is 366 g/mol. The summed E-state index contributed by atoms with van der Waals surface area (Å²) in [6.45, 7) is 0.730. The highest BCUT2D eigenvalue weighted by atomic mass is 15.4. The van der Waals surface area contributed by atoms with Gasteiger partial charge in [0.15, 0.2) is 5.82 Å². The topological polar surface area (TPSA) is 70.9 Å². The fourth-order valence-electron chi connectivity index (χ4n) is 3.28. The Hall–Kier alpha value is -3.93. The summed E-state index contributed by atoms with van der Waals surface area (Å²) in [5.41, 5.74) is 8.08. The van der Waals surface area contributed by atoms with Crippen LogP contribution in [0.3, 0.4) is 0 Å². The second kappa shape index (κ2) is 7.00. The number of hydrogen-bond donors (Lipinski definition) is 2. The quantitative estimate of drug-likeness (QED) is 0.358. The third kappa shape index (κ3) is 3.12. The zero-order valence-electron chi connectivity index (χ0n) is 15.1. The molecule has 2 N–H and O–H groups in total. The van der Waals surface area contributed by atoms with Crippen molar-refractivity contribution in [3.63, 3.8) is 0 Å². The molecule has 28 heavy (non-hydrogen) atoms. The van der Waals surface area contributed by atoms with Crippen molar-refractivity contribution in [2.75, 3.05) is 5.43 Å². The number of para-hydroxylation sites is 4. The zero-order valence-corrected chi connectivity index (χ0v) is 15.1. The third-order valence-corrected chi connectivity index (χ3v) is 4.61. The lowest BCUT2D eigenvalue weighted by Gasteiger charge is -2.07. The fraction of sp³-hybridized carbons (Fsp3) is 0.0455. The van der Waals surface area contributed by atoms with E-state index in [9.17, 15) is 0 Å². The van der Waals surface area contributed by atoms with Crippen LogP contribution in [0.2, 0.25) is 0 Å². The van der Waals surface area contributed by atoms with Crippen LogP contribution in [0.4, 0.5) is 5.95 Å². The molecule has 0 aliphatic heterocycles. The SMILES string of the molecule is C(=N/Nc1nc2ccccc2[nH]1)/c1nc2ccccc2n1Cc1ccccc1. The van der Waals surface area contributed by atoms with E-state index in [2.05, 4.69) is 43.3 Å². The van der Waals surface area contributed by atoms with Gasteiger partial charge in [0.2, 0.25) is 5.95 Å². The van der Waals surface area contributed by atoms with E-state index in [1.54, 1.807) is 6.21 Å². The van der Waals surface area contributed by atoms with Crippen LogP contribution < -0.4 is 5.43 Å². The van der Waals surface area contributed by atoms with Crippen LogP contribution in [-0.4, -0.2) is 25.7 Å². The molecule has 0 radical (unpaired) electrons. The normalized spacial score (nSPS) is 11.6. The maximum absolute atomic E-state index is 4.73. The Morgan fingerprint density at radius 2 is 1.61 bits per heavy atom. The van der Waals surface area contributed by atoms with Crippen molar-refractivity contribution in [1.29, 1.82) is 0 Å². The van der Waals surface area contributed by atoms with Crippen LogP contribution in [0.5, 0.6) is 0 Å². The van der Waals surface area contributed by atoms with Gasteiger partial charge < -0.3 is 9.55 Å². The average Bonchev–Trinajstić information content (AvgIpc) is 3.30. The van der Waals surface area contributed by atoms with Crippen LogP contribution in [0, 0.1) is 0 Å².